The van der Waals surface area contributed by atoms with Gasteiger partial charge in [0.25, 0.3) is 0 Å². The molecule has 1 aromatic rings. The van der Waals surface area contributed by atoms with Crippen LogP contribution in [0.3, 0.4) is 0 Å². The first-order valence-corrected chi connectivity index (χ1v) is 7.10. The van der Waals surface area contributed by atoms with Crippen LogP contribution in [0.4, 0.5) is 0 Å². The third-order valence-electron chi connectivity index (χ3n) is 3.65. The van der Waals surface area contributed by atoms with Gasteiger partial charge in [-0.05, 0) is 37.8 Å². The molecule has 19 heavy (non-hydrogen) atoms. The number of ether oxygens (including phenoxy) is 1. The normalized spacial score (nSPS) is 23.1. The van der Waals surface area contributed by atoms with Gasteiger partial charge in [-0.15, -0.1) is 0 Å². The summed E-state index contributed by atoms with van der Waals surface area (Å²) in [6, 6.07) is 4.01. The van der Waals surface area contributed by atoms with Crippen molar-refractivity contribution in [3.05, 3.63) is 23.7 Å². The van der Waals surface area contributed by atoms with Crippen molar-refractivity contribution in [3.8, 4) is 0 Å². The van der Waals surface area contributed by atoms with Crippen LogP contribution in [0, 0.1) is 5.92 Å². The Kier molecular flexibility index (Phi) is 4.64. The van der Waals surface area contributed by atoms with E-state index in [1.54, 1.807) is 6.92 Å². The minimum Gasteiger partial charge on any atom is -0.466 e. The van der Waals surface area contributed by atoms with Gasteiger partial charge in [0, 0.05) is 24.8 Å². The van der Waals surface area contributed by atoms with Gasteiger partial charge < -0.3 is 14.9 Å². The first kappa shape index (κ1) is 14.1. The number of esters is 1. The molecule has 0 amide bonds. The molecule has 4 heteroatoms. The summed E-state index contributed by atoms with van der Waals surface area (Å²) in [5, 5.41) is 0. The van der Waals surface area contributed by atoms with Crippen LogP contribution in [-0.2, 0) is 16.0 Å². The molecule has 0 saturated heterocycles. The fraction of sp³-hybridized carbons (Fsp3) is 0.667. The minimum atomic E-state index is -0.176. The van der Waals surface area contributed by atoms with E-state index in [0.717, 1.165) is 17.4 Å². The lowest BCUT2D eigenvalue weighted by Gasteiger charge is -2.09. The van der Waals surface area contributed by atoms with Crippen LogP contribution < -0.4 is 5.73 Å². The van der Waals surface area contributed by atoms with Gasteiger partial charge in [-0.2, -0.15) is 0 Å². The Morgan fingerprint density at radius 1 is 1.58 bits per heavy atom. The molecule has 2 rings (SSSR count). The second kappa shape index (κ2) is 6.24. The Hall–Kier alpha value is -1.29. The molecule has 2 N–H and O–H groups in total. The van der Waals surface area contributed by atoms with E-state index in [1.165, 1.54) is 6.42 Å². The van der Waals surface area contributed by atoms with E-state index in [0.29, 0.717) is 31.8 Å². The van der Waals surface area contributed by atoms with Crippen molar-refractivity contribution in [2.24, 2.45) is 11.7 Å². The van der Waals surface area contributed by atoms with Crippen LogP contribution in [0.5, 0.6) is 0 Å². The van der Waals surface area contributed by atoms with Crippen molar-refractivity contribution in [2.75, 3.05) is 6.61 Å². The topological polar surface area (TPSA) is 65.5 Å². The van der Waals surface area contributed by atoms with Crippen LogP contribution in [0.25, 0.3) is 0 Å². The molecule has 0 aromatic carbocycles. The van der Waals surface area contributed by atoms with Gasteiger partial charge >= 0.3 is 5.97 Å². The SMILES string of the molecule is CCOC(=O)CCC(N)Cc1ccc(C2CC2C)o1. The fourth-order valence-corrected chi connectivity index (χ4v) is 2.32. The fourth-order valence-electron chi connectivity index (χ4n) is 2.32. The molecule has 0 radical (unpaired) electrons. The number of hydrogen-bond acceptors (Lipinski definition) is 4. The van der Waals surface area contributed by atoms with Gasteiger partial charge in [0.05, 0.1) is 6.61 Å². The van der Waals surface area contributed by atoms with Crippen molar-refractivity contribution >= 4 is 5.97 Å². The van der Waals surface area contributed by atoms with E-state index in [9.17, 15) is 4.79 Å². The largest absolute Gasteiger partial charge is 0.466 e. The van der Waals surface area contributed by atoms with Gasteiger partial charge in [0.15, 0.2) is 0 Å². The van der Waals surface area contributed by atoms with Crippen LogP contribution in [0.2, 0.25) is 0 Å². The van der Waals surface area contributed by atoms with Crippen LogP contribution in [0.1, 0.15) is 50.5 Å². The average molecular weight is 265 g/mol. The summed E-state index contributed by atoms with van der Waals surface area (Å²) >= 11 is 0. The van der Waals surface area contributed by atoms with E-state index in [2.05, 4.69) is 13.0 Å². The number of carbonyl (C=O) groups excluding carboxylic acids is 1. The molecule has 3 unspecified atom stereocenters. The maximum Gasteiger partial charge on any atom is 0.305 e. The molecule has 1 aliphatic rings. The zero-order valence-electron chi connectivity index (χ0n) is 11.7. The molecular weight excluding hydrogens is 242 g/mol. The van der Waals surface area contributed by atoms with Crippen LogP contribution in [0.15, 0.2) is 16.5 Å². The van der Waals surface area contributed by atoms with E-state index in [4.69, 9.17) is 14.9 Å². The van der Waals surface area contributed by atoms with Gasteiger partial charge in [0.2, 0.25) is 0 Å². The molecule has 1 heterocycles. The first-order chi connectivity index (χ1) is 9.10. The second-order valence-corrected chi connectivity index (χ2v) is 5.43. The lowest BCUT2D eigenvalue weighted by Crippen LogP contribution is -2.24. The highest BCUT2D eigenvalue weighted by Gasteiger charge is 2.36. The highest BCUT2D eigenvalue weighted by Crippen LogP contribution is 2.47. The number of hydrogen-bond donors (Lipinski definition) is 1. The van der Waals surface area contributed by atoms with Crippen LogP contribution in [-0.4, -0.2) is 18.6 Å². The maximum atomic E-state index is 11.2. The highest BCUT2D eigenvalue weighted by molar-refractivity contribution is 5.69. The molecular formula is C15H23NO3. The zero-order valence-corrected chi connectivity index (χ0v) is 11.7. The van der Waals surface area contributed by atoms with Crippen molar-refractivity contribution in [1.29, 1.82) is 0 Å². The Morgan fingerprint density at radius 3 is 2.95 bits per heavy atom. The number of carbonyl (C=O) groups is 1. The van der Waals surface area contributed by atoms with Crippen molar-refractivity contribution < 1.29 is 13.9 Å². The van der Waals surface area contributed by atoms with E-state index < -0.39 is 0 Å². The second-order valence-electron chi connectivity index (χ2n) is 5.43. The Balaban J connectivity index is 1.74. The van der Waals surface area contributed by atoms with Crippen molar-refractivity contribution in [2.45, 2.75) is 51.5 Å². The average Bonchev–Trinajstić information content (AvgIpc) is 2.91. The maximum absolute atomic E-state index is 11.2. The molecule has 106 valence electrons. The quantitative estimate of drug-likeness (QED) is 0.770. The smallest absolute Gasteiger partial charge is 0.305 e. The summed E-state index contributed by atoms with van der Waals surface area (Å²) in [7, 11) is 0. The molecule has 3 atom stereocenters. The van der Waals surface area contributed by atoms with Crippen molar-refractivity contribution in [3.63, 3.8) is 0 Å². The summed E-state index contributed by atoms with van der Waals surface area (Å²) in [5.41, 5.74) is 6.01. The summed E-state index contributed by atoms with van der Waals surface area (Å²) < 4.78 is 10.7. The molecule has 1 fully saturated rings. The molecule has 1 aromatic heterocycles. The van der Waals surface area contributed by atoms with Gasteiger partial charge in [-0.1, -0.05) is 6.92 Å². The summed E-state index contributed by atoms with van der Waals surface area (Å²) in [5.74, 6) is 3.18. The molecule has 1 saturated carbocycles. The third-order valence-corrected chi connectivity index (χ3v) is 3.65. The zero-order chi connectivity index (χ0) is 13.8. The monoisotopic (exact) mass is 265 g/mol. The lowest BCUT2D eigenvalue weighted by molar-refractivity contribution is -0.143. The van der Waals surface area contributed by atoms with Gasteiger partial charge in [-0.25, -0.2) is 0 Å². The van der Waals surface area contributed by atoms with E-state index >= 15 is 0 Å². The lowest BCUT2D eigenvalue weighted by atomic mass is 10.1. The van der Waals surface area contributed by atoms with Crippen LogP contribution >= 0.6 is 0 Å². The molecule has 0 aliphatic heterocycles. The molecule has 0 spiro atoms. The molecule has 0 bridgehead atoms. The Morgan fingerprint density at radius 2 is 2.32 bits per heavy atom. The van der Waals surface area contributed by atoms with E-state index in [-0.39, 0.29) is 12.0 Å². The van der Waals surface area contributed by atoms with Gasteiger partial charge in [-0.3, -0.25) is 4.79 Å². The predicted octanol–water partition coefficient (Wildman–Crippen LogP) is 2.62. The van der Waals surface area contributed by atoms with Gasteiger partial charge in [0.1, 0.15) is 11.5 Å². The molecule has 4 nitrogen and oxygen atoms in total. The number of furan rings is 1. The number of nitrogens with two attached hydrogens (primary N) is 1. The summed E-state index contributed by atoms with van der Waals surface area (Å²) in [4.78, 5) is 11.2. The Bertz CT molecular complexity index is 427. The summed E-state index contributed by atoms with van der Waals surface area (Å²) in [6.07, 6.45) is 2.92. The highest BCUT2D eigenvalue weighted by atomic mass is 16.5. The Labute approximate surface area is 114 Å². The predicted molar refractivity (Wildman–Crippen MR) is 72.8 cm³/mol. The third kappa shape index (κ3) is 4.10. The standard InChI is InChI=1S/C15H23NO3/c1-3-18-15(17)7-4-11(16)9-12-5-6-14(19-12)13-8-10(13)2/h5-6,10-11,13H,3-4,7-9,16H2,1-2H3. The minimum absolute atomic E-state index is 0.0555. The van der Waals surface area contributed by atoms with E-state index in [1.807, 2.05) is 6.07 Å². The molecule has 1 aliphatic carbocycles. The first-order valence-electron chi connectivity index (χ1n) is 7.10. The van der Waals surface area contributed by atoms with Crippen molar-refractivity contribution in [1.82, 2.24) is 0 Å². The number of rotatable bonds is 7. The summed E-state index contributed by atoms with van der Waals surface area (Å²) in [6.45, 7) is 4.47.